The van der Waals surface area contributed by atoms with Gasteiger partial charge in [-0.3, -0.25) is 0 Å². The number of urea groups is 1. The van der Waals surface area contributed by atoms with Gasteiger partial charge in [-0.15, -0.1) is 0 Å². The van der Waals surface area contributed by atoms with Crippen molar-refractivity contribution in [1.29, 1.82) is 0 Å². The van der Waals surface area contributed by atoms with Crippen LogP contribution in [0.25, 0.3) is 0 Å². The van der Waals surface area contributed by atoms with Gasteiger partial charge < -0.3 is 10.6 Å². The second-order valence-electron chi connectivity index (χ2n) is 4.14. The van der Waals surface area contributed by atoms with Gasteiger partial charge in [0.05, 0.1) is 6.20 Å². The first kappa shape index (κ1) is 11.8. The topological polar surface area (TPSA) is 58.4 Å². The van der Waals surface area contributed by atoms with Crippen LogP contribution >= 0.6 is 0 Å². The lowest BCUT2D eigenvalue weighted by Crippen LogP contribution is -2.58. The number of hydrogen-bond acceptors (Lipinski definition) is 2. The molecule has 1 rings (SSSR count). The van der Waals surface area contributed by atoms with Gasteiger partial charge in [0.1, 0.15) is 12.7 Å². The van der Waals surface area contributed by atoms with Crippen molar-refractivity contribution in [2.45, 2.75) is 26.2 Å². The van der Waals surface area contributed by atoms with Gasteiger partial charge in [-0.05, 0) is 12.8 Å². The van der Waals surface area contributed by atoms with Crippen molar-refractivity contribution >= 4 is 6.03 Å². The molecule has 86 valence electrons. The highest BCUT2D eigenvalue weighted by atomic mass is 16.2. The van der Waals surface area contributed by atoms with Gasteiger partial charge in [0.2, 0.25) is 0 Å². The van der Waals surface area contributed by atoms with Crippen LogP contribution in [-0.2, 0) is 0 Å². The molecular formula is C10H21N4O+. The van der Waals surface area contributed by atoms with Crippen molar-refractivity contribution in [1.82, 2.24) is 10.3 Å². The Balaban J connectivity index is 2.53. The third kappa shape index (κ3) is 3.43. The SMILES string of the molecule is CCCCC[N+]1(NC(N)=O)C=CN(C)C1. The van der Waals surface area contributed by atoms with E-state index in [0.29, 0.717) is 4.59 Å². The molecule has 5 heteroatoms. The fourth-order valence-corrected chi connectivity index (χ4v) is 1.87. The summed E-state index contributed by atoms with van der Waals surface area (Å²) >= 11 is 0. The number of hydrogen-bond donors (Lipinski definition) is 2. The minimum absolute atomic E-state index is 0.450. The molecule has 0 radical (unpaired) electrons. The maximum absolute atomic E-state index is 10.9. The minimum atomic E-state index is -0.466. The molecule has 15 heavy (non-hydrogen) atoms. The van der Waals surface area contributed by atoms with E-state index in [2.05, 4.69) is 12.3 Å². The third-order valence-electron chi connectivity index (χ3n) is 2.58. The van der Waals surface area contributed by atoms with E-state index in [1.807, 2.05) is 24.3 Å². The molecule has 1 aliphatic heterocycles. The Morgan fingerprint density at radius 2 is 2.33 bits per heavy atom. The molecular weight excluding hydrogens is 192 g/mol. The lowest BCUT2D eigenvalue weighted by molar-refractivity contribution is -0.915. The molecule has 5 nitrogen and oxygen atoms in total. The molecule has 3 N–H and O–H groups in total. The molecule has 2 amide bonds. The minimum Gasteiger partial charge on any atom is -0.348 e. The van der Waals surface area contributed by atoms with Gasteiger partial charge in [0.15, 0.2) is 6.67 Å². The Morgan fingerprint density at radius 3 is 2.80 bits per heavy atom. The molecule has 1 heterocycles. The fraction of sp³-hybridized carbons (Fsp3) is 0.700. The maximum Gasteiger partial charge on any atom is 0.356 e. The van der Waals surface area contributed by atoms with Gasteiger partial charge in [-0.2, -0.15) is 10.0 Å². The number of nitrogens with zero attached hydrogens (tertiary/aromatic N) is 2. The first-order valence-electron chi connectivity index (χ1n) is 5.42. The lowest BCUT2D eigenvalue weighted by atomic mass is 10.2. The number of nitrogens with two attached hydrogens (primary N) is 1. The van der Waals surface area contributed by atoms with Gasteiger partial charge in [0, 0.05) is 7.05 Å². The van der Waals surface area contributed by atoms with Crippen LogP contribution in [0, 0.1) is 0 Å². The van der Waals surface area contributed by atoms with E-state index in [9.17, 15) is 4.79 Å². The number of nitrogens with one attached hydrogen (secondary N) is 1. The predicted octanol–water partition coefficient (Wildman–Crippen LogP) is 0.951. The Bertz CT molecular complexity index is 254. The van der Waals surface area contributed by atoms with Gasteiger partial charge >= 0.3 is 6.03 Å². The summed E-state index contributed by atoms with van der Waals surface area (Å²) in [6, 6.07) is -0.466. The van der Waals surface area contributed by atoms with Crippen LogP contribution < -0.4 is 11.2 Å². The summed E-state index contributed by atoms with van der Waals surface area (Å²) in [6.07, 6.45) is 7.41. The summed E-state index contributed by atoms with van der Waals surface area (Å²) in [6.45, 7) is 3.82. The number of quaternary nitrogens is 1. The van der Waals surface area contributed by atoms with E-state index < -0.39 is 6.03 Å². The van der Waals surface area contributed by atoms with Crippen LogP contribution in [0.1, 0.15) is 26.2 Å². The van der Waals surface area contributed by atoms with Crippen molar-refractivity contribution in [3.05, 3.63) is 12.4 Å². The third-order valence-corrected chi connectivity index (χ3v) is 2.58. The smallest absolute Gasteiger partial charge is 0.348 e. The number of amides is 2. The van der Waals surface area contributed by atoms with Crippen LogP contribution in [0.3, 0.4) is 0 Å². The second kappa shape index (κ2) is 5.02. The summed E-state index contributed by atoms with van der Waals surface area (Å²) in [5.41, 5.74) is 7.98. The van der Waals surface area contributed by atoms with E-state index in [4.69, 9.17) is 5.73 Å². The zero-order chi connectivity index (χ0) is 11.3. The highest BCUT2D eigenvalue weighted by molar-refractivity contribution is 5.70. The standard InChI is InChI=1S/C10H20N4O/c1-3-4-5-7-14(12-10(11)15)8-6-13(2)9-14/h6,8H,3-5,7,9H2,1-2H3,(H2-,11,12,15)/p+1. The molecule has 1 atom stereocenters. The van der Waals surface area contributed by atoms with Crippen molar-refractivity contribution in [3.8, 4) is 0 Å². The van der Waals surface area contributed by atoms with E-state index in [1.54, 1.807) is 0 Å². The molecule has 1 unspecified atom stereocenters. The molecule has 0 aromatic rings. The predicted molar refractivity (Wildman–Crippen MR) is 59.1 cm³/mol. The quantitative estimate of drug-likeness (QED) is 0.527. The van der Waals surface area contributed by atoms with Crippen LogP contribution in [-0.4, -0.2) is 35.8 Å². The van der Waals surface area contributed by atoms with Crippen LogP contribution in [0.15, 0.2) is 12.4 Å². The molecule has 0 bridgehead atoms. The molecule has 0 spiro atoms. The summed E-state index contributed by atoms with van der Waals surface area (Å²) in [5, 5.41) is 0. The number of carbonyl (C=O) groups is 1. The second-order valence-corrected chi connectivity index (χ2v) is 4.14. The Labute approximate surface area is 91.1 Å². The van der Waals surface area contributed by atoms with Crippen LogP contribution in [0.4, 0.5) is 4.79 Å². The van der Waals surface area contributed by atoms with Crippen LogP contribution in [0.5, 0.6) is 0 Å². The van der Waals surface area contributed by atoms with Gasteiger partial charge in [-0.25, -0.2) is 4.79 Å². The largest absolute Gasteiger partial charge is 0.356 e. The molecule has 0 aliphatic carbocycles. The number of carbonyl (C=O) groups excluding carboxylic acids is 1. The van der Waals surface area contributed by atoms with E-state index in [1.165, 1.54) is 12.8 Å². The highest BCUT2D eigenvalue weighted by Crippen LogP contribution is 2.15. The number of unbranched alkanes of at least 4 members (excludes halogenated alkanes) is 2. The summed E-state index contributed by atoms with van der Waals surface area (Å²) in [7, 11) is 1.99. The average Bonchev–Trinajstić information content (AvgIpc) is 2.47. The summed E-state index contributed by atoms with van der Waals surface area (Å²) < 4.78 is 0.450. The molecule has 0 saturated heterocycles. The zero-order valence-electron chi connectivity index (χ0n) is 9.57. The molecule has 0 aromatic carbocycles. The lowest BCUT2D eigenvalue weighted by Gasteiger charge is -2.30. The monoisotopic (exact) mass is 213 g/mol. The summed E-state index contributed by atoms with van der Waals surface area (Å²) in [5.74, 6) is 0. The molecule has 0 fully saturated rings. The van der Waals surface area contributed by atoms with Gasteiger partial charge in [-0.1, -0.05) is 13.3 Å². The fourth-order valence-electron chi connectivity index (χ4n) is 1.87. The van der Waals surface area contributed by atoms with Crippen molar-refractivity contribution in [3.63, 3.8) is 0 Å². The number of primary amides is 1. The molecule has 0 saturated carbocycles. The van der Waals surface area contributed by atoms with Crippen LogP contribution in [0.2, 0.25) is 0 Å². The van der Waals surface area contributed by atoms with E-state index in [0.717, 1.165) is 19.6 Å². The van der Waals surface area contributed by atoms with Gasteiger partial charge in [0.25, 0.3) is 0 Å². The maximum atomic E-state index is 10.9. The molecule has 1 aliphatic rings. The first-order valence-corrected chi connectivity index (χ1v) is 5.42. The first-order chi connectivity index (χ1) is 7.08. The molecule has 0 aromatic heterocycles. The average molecular weight is 213 g/mol. The summed E-state index contributed by atoms with van der Waals surface area (Å²) in [4.78, 5) is 13.0. The van der Waals surface area contributed by atoms with Crippen molar-refractivity contribution in [2.24, 2.45) is 5.73 Å². The Kier molecular flexibility index (Phi) is 3.96. The van der Waals surface area contributed by atoms with Crippen molar-refractivity contribution < 1.29 is 9.39 Å². The normalized spacial score (nSPS) is 24.5. The zero-order valence-corrected chi connectivity index (χ0v) is 9.57. The van der Waals surface area contributed by atoms with Crippen molar-refractivity contribution in [2.75, 3.05) is 20.3 Å². The Hall–Kier alpha value is -1.23. The number of rotatable bonds is 5. The van der Waals surface area contributed by atoms with E-state index >= 15 is 0 Å². The highest BCUT2D eigenvalue weighted by Gasteiger charge is 2.32. The Morgan fingerprint density at radius 1 is 1.60 bits per heavy atom. The van der Waals surface area contributed by atoms with E-state index in [-0.39, 0.29) is 0 Å².